The van der Waals surface area contributed by atoms with Gasteiger partial charge in [-0.05, 0) is 45.2 Å². The van der Waals surface area contributed by atoms with Crippen LogP contribution in [0, 0.1) is 5.82 Å². The third-order valence-electron chi connectivity index (χ3n) is 5.68. The molecule has 8 heteroatoms. The van der Waals surface area contributed by atoms with Gasteiger partial charge in [-0.3, -0.25) is 0 Å². The third kappa shape index (κ3) is 4.36. The summed E-state index contributed by atoms with van der Waals surface area (Å²) in [5, 5.41) is 3.02. The fourth-order valence-electron chi connectivity index (χ4n) is 3.67. The van der Waals surface area contributed by atoms with E-state index in [-0.39, 0.29) is 30.2 Å². The molecule has 1 atom stereocenters. The molecule has 2 heterocycles. The second-order valence-corrected chi connectivity index (χ2v) is 10.7. The zero-order chi connectivity index (χ0) is 19.7. The fraction of sp³-hybridized carbons (Fsp3) is 0.632. The Hall–Kier alpha value is -1.83. The van der Waals surface area contributed by atoms with Crippen LogP contribution < -0.4 is 10.2 Å². The molecule has 150 valence electrons. The zero-order valence-electron chi connectivity index (χ0n) is 15.9. The molecule has 27 heavy (non-hydrogen) atoms. The van der Waals surface area contributed by atoms with Crippen LogP contribution in [-0.2, 0) is 9.84 Å². The number of amides is 2. The van der Waals surface area contributed by atoms with Crippen molar-refractivity contribution in [1.82, 2.24) is 10.2 Å². The second kappa shape index (κ2) is 7.66. The van der Waals surface area contributed by atoms with Crippen molar-refractivity contribution in [2.45, 2.75) is 43.9 Å². The molecule has 1 unspecified atom stereocenters. The summed E-state index contributed by atoms with van der Waals surface area (Å²) in [4.78, 5) is 16.2. The first kappa shape index (κ1) is 19.9. The lowest BCUT2D eigenvalue weighted by Crippen LogP contribution is -2.52. The first-order chi connectivity index (χ1) is 12.7. The number of carbonyl (C=O) groups excluding carboxylic acids is 1. The number of sulfone groups is 1. The topological polar surface area (TPSA) is 69.7 Å². The van der Waals surface area contributed by atoms with Crippen molar-refractivity contribution >= 4 is 21.6 Å². The molecule has 0 aliphatic carbocycles. The normalized spacial score (nSPS) is 24.9. The molecule has 1 N–H and O–H groups in total. The van der Waals surface area contributed by atoms with Crippen LogP contribution in [0.1, 0.15) is 33.1 Å². The molecule has 0 saturated carbocycles. The van der Waals surface area contributed by atoms with Gasteiger partial charge in [0, 0.05) is 32.2 Å². The highest BCUT2D eigenvalue weighted by atomic mass is 32.2. The van der Waals surface area contributed by atoms with Gasteiger partial charge in [-0.25, -0.2) is 17.6 Å². The standard InChI is InChI=1S/C19H28FN3O3S/c1-19(2)9-11-22(12-13-27(19,25)26)18(24)21-15-6-5-10-23(14-15)17-8-4-3-7-16(17)20/h3-4,7-8,15H,5-6,9-14H2,1-2H3,(H,21,24). The van der Waals surface area contributed by atoms with Gasteiger partial charge in [0.05, 0.1) is 16.2 Å². The smallest absolute Gasteiger partial charge is 0.317 e. The Labute approximate surface area is 160 Å². The molecule has 2 fully saturated rings. The number of halogens is 1. The molecule has 0 spiro atoms. The molecule has 0 bridgehead atoms. The van der Waals surface area contributed by atoms with Crippen molar-refractivity contribution in [3.8, 4) is 0 Å². The minimum Gasteiger partial charge on any atom is -0.367 e. The van der Waals surface area contributed by atoms with Gasteiger partial charge < -0.3 is 15.1 Å². The average Bonchev–Trinajstić information content (AvgIpc) is 2.72. The molecule has 2 saturated heterocycles. The van der Waals surface area contributed by atoms with Gasteiger partial charge in [-0.2, -0.15) is 0 Å². The third-order valence-corrected chi connectivity index (χ3v) is 8.29. The largest absolute Gasteiger partial charge is 0.367 e. The van der Waals surface area contributed by atoms with E-state index in [2.05, 4.69) is 5.32 Å². The number of para-hydroxylation sites is 1. The highest BCUT2D eigenvalue weighted by molar-refractivity contribution is 7.92. The summed E-state index contributed by atoms with van der Waals surface area (Å²) in [6, 6.07) is 6.34. The van der Waals surface area contributed by atoms with E-state index in [1.54, 1.807) is 36.9 Å². The van der Waals surface area contributed by atoms with Crippen molar-refractivity contribution in [3.63, 3.8) is 0 Å². The van der Waals surface area contributed by atoms with Crippen LogP contribution in [0.3, 0.4) is 0 Å². The summed E-state index contributed by atoms with van der Waals surface area (Å²) in [5.74, 6) is -0.274. The Balaban J connectivity index is 1.62. The number of carbonyl (C=O) groups is 1. The number of piperidine rings is 1. The van der Waals surface area contributed by atoms with E-state index in [1.807, 2.05) is 4.90 Å². The lowest BCUT2D eigenvalue weighted by molar-refractivity contribution is 0.194. The molecule has 0 aromatic heterocycles. The van der Waals surface area contributed by atoms with Gasteiger partial charge in [-0.15, -0.1) is 0 Å². The van der Waals surface area contributed by atoms with E-state index in [4.69, 9.17) is 0 Å². The fourth-order valence-corrected chi connectivity index (χ4v) is 5.08. The van der Waals surface area contributed by atoms with Gasteiger partial charge in [0.2, 0.25) is 0 Å². The van der Waals surface area contributed by atoms with E-state index in [0.29, 0.717) is 25.2 Å². The predicted molar refractivity (Wildman–Crippen MR) is 104 cm³/mol. The molecule has 6 nitrogen and oxygen atoms in total. The van der Waals surface area contributed by atoms with Crippen molar-refractivity contribution in [2.75, 3.05) is 36.8 Å². The summed E-state index contributed by atoms with van der Waals surface area (Å²) in [7, 11) is -3.22. The van der Waals surface area contributed by atoms with Gasteiger partial charge in [-0.1, -0.05) is 12.1 Å². The maximum absolute atomic E-state index is 14.1. The molecule has 2 aliphatic rings. The molecule has 1 aromatic carbocycles. The number of nitrogens with one attached hydrogen (secondary N) is 1. The number of hydrogen-bond donors (Lipinski definition) is 1. The molecular formula is C19H28FN3O3S. The lowest BCUT2D eigenvalue weighted by Gasteiger charge is -2.36. The summed E-state index contributed by atoms with van der Waals surface area (Å²) >= 11 is 0. The van der Waals surface area contributed by atoms with Crippen molar-refractivity contribution < 1.29 is 17.6 Å². The average molecular weight is 398 g/mol. The van der Waals surface area contributed by atoms with E-state index in [0.717, 1.165) is 19.4 Å². The minimum absolute atomic E-state index is 0.0144. The molecule has 0 radical (unpaired) electrons. The molecule has 1 aromatic rings. The SMILES string of the molecule is CC1(C)CCN(C(=O)NC2CCCN(c3ccccc3F)C2)CCS1(=O)=O. The van der Waals surface area contributed by atoms with E-state index in [9.17, 15) is 17.6 Å². The van der Waals surface area contributed by atoms with Crippen LogP contribution >= 0.6 is 0 Å². The quantitative estimate of drug-likeness (QED) is 0.832. The molecular weight excluding hydrogens is 369 g/mol. The zero-order valence-corrected chi connectivity index (χ0v) is 16.8. The van der Waals surface area contributed by atoms with Gasteiger partial charge >= 0.3 is 6.03 Å². The van der Waals surface area contributed by atoms with Gasteiger partial charge in [0.15, 0.2) is 9.84 Å². The van der Waals surface area contributed by atoms with Gasteiger partial charge in [0.25, 0.3) is 0 Å². The Bertz CT molecular complexity index is 797. The lowest BCUT2D eigenvalue weighted by atomic mass is 10.0. The van der Waals surface area contributed by atoms with Crippen molar-refractivity contribution in [2.24, 2.45) is 0 Å². The summed E-state index contributed by atoms with van der Waals surface area (Å²) in [6.07, 6.45) is 2.11. The Morgan fingerprint density at radius 3 is 2.70 bits per heavy atom. The number of anilines is 1. The van der Waals surface area contributed by atoms with Crippen molar-refractivity contribution in [1.29, 1.82) is 0 Å². The first-order valence-electron chi connectivity index (χ1n) is 9.47. The molecule has 2 amide bonds. The number of hydrogen-bond acceptors (Lipinski definition) is 4. The molecule has 2 aliphatic heterocycles. The Morgan fingerprint density at radius 2 is 1.96 bits per heavy atom. The monoisotopic (exact) mass is 397 g/mol. The number of benzene rings is 1. The minimum atomic E-state index is -3.22. The Kier molecular flexibility index (Phi) is 5.65. The van der Waals surface area contributed by atoms with E-state index >= 15 is 0 Å². The van der Waals surface area contributed by atoms with Crippen LogP contribution in [-0.4, -0.2) is 62.1 Å². The van der Waals surface area contributed by atoms with Crippen LogP contribution in [0.4, 0.5) is 14.9 Å². The van der Waals surface area contributed by atoms with E-state index < -0.39 is 14.6 Å². The number of rotatable bonds is 2. The predicted octanol–water partition coefficient (Wildman–Crippen LogP) is 2.40. The number of nitrogens with zero attached hydrogens (tertiary/aromatic N) is 2. The van der Waals surface area contributed by atoms with E-state index in [1.165, 1.54) is 6.07 Å². The van der Waals surface area contributed by atoms with Crippen LogP contribution in [0.15, 0.2) is 24.3 Å². The second-order valence-electron chi connectivity index (χ2n) is 8.00. The van der Waals surface area contributed by atoms with Crippen LogP contribution in [0.2, 0.25) is 0 Å². The maximum Gasteiger partial charge on any atom is 0.317 e. The molecule has 3 rings (SSSR count). The Morgan fingerprint density at radius 1 is 1.22 bits per heavy atom. The summed E-state index contributed by atoms with van der Waals surface area (Å²) in [6.45, 7) is 5.37. The maximum atomic E-state index is 14.1. The number of urea groups is 1. The highest BCUT2D eigenvalue weighted by Gasteiger charge is 2.38. The van der Waals surface area contributed by atoms with Crippen LogP contribution in [0.25, 0.3) is 0 Å². The summed E-state index contributed by atoms with van der Waals surface area (Å²) in [5.41, 5.74) is 0.555. The van der Waals surface area contributed by atoms with Gasteiger partial charge in [0.1, 0.15) is 5.82 Å². The van der Waals surface area contributed by atoms with Crippen LogP contribution in [0.5, 0.6) is 0 Å². The van der Waals surface area contributed by atoms with Crippen molar-refractivity contribution in [3.05, 3.63) is 30.1 Å². The summed E-state index contributed by atoms with van der Waals surface area (Å²) < 4.78 is 37.9. The first-order valence-corrected chi connectivity index (χ1v) is 11.1. The highest BCUT2D eigenvalue weighted by Crippen LogP contribution is 2.26.